The molecule has 0 aliphatic heterocycles. The Bertz CT molecular complexity index is 714. The van der Waals surface area contributed by atoms with Crippen LogP contribution < -0.4 is 4.57 Å². The molecular formula is C17H14NO+. The van der Waals surface area contributed by atoms with Gasteiger partial charge in [-0.2, -0.15) is 4.57 Å². The third kappa shape index (κ3) is 2.38. The minimum absolute atomic E-state index is 0.132. The lowest BCUT2D eigenvalue weighted by Gasteiger charge is -2.03. The highest BCUT2D eigenvalue weighted by Gasteiger charge is 2.13. The summed E-state index contributed by atoms with van der Waals surface area (Å²) in [5.74, 6) is 0.132. The van der Waals surface area contributed by atoms with E-state index in [9.17, 15) is 4.79 Å². The van der Waals surface area contributed by atoms with E-state index in [1.165, 1.54) is 0 Å². The van der Waals surface area contributed by atoms with Crippen molar-refractivity contribution in [3.05, 3.63) is 78.6 Å². The molecule has 0 saturated carbocycles. The standard InChI is InChI=1S/C17H14NO/c19-17(13-18-11-4-1-5-12-18)16-10-6-8-14-7-2-3-9-15(14)16/h1-12H,13H2/q+1. The van der Waals surface area contributed by atoms with E-state index in [0.717, 1.165) is 16.3 Å². The number of fused-ring (bicyclic) bond motifs is 1. The number of rotatable bonds is 3. The third-order valence-corrected chi connectivity index (χ3v) is 3.19. The first-order chi connectivity index (χ1) is 9.34. The Balaban J connectivity index is 1.98. The number of carbonyl (C=O) groups is 1. The van der Waals surface area contributed by atoms with Crippen molar-refractivity contribution in [2.45, 2.75) is 6.54 Å². The Kier molecular flexibility index (Phi) is 3.07. The molecule has 3 rings (SSSR count). The van der Waals surface area contributed by atoms with Crippen molar-refractivity contribution < 1.29 is 9.36 Å². The van der Waals surface area contributed by atoms with Crippen molar-refractivity contribution in [1.82, 2.24) is 0 Å². The Morgan fingerprint density at radius 2 is 1.58 bits per heavy atom. The van der Waals surface area contributed by atoms with Gasteiger partial charge in [0.25, 0.3) is 0 Å². The molecular weight excluding hydrogens is 234 g/mol. The first kappa shape index (κ1) is 11.6. The Labute approximate surface area is 111 Å². The lowest BCUT2D eigenvalue weighted by molar-refractivity contribution is -0.683. The molecule has 0 aliphatic carbocycles. The minimum Gasteiger partial charge on any atom is -0.287 e. The molecule has 3 aromatic rings. The van der Waals surface area contributed by atoms with E-state index >= 15 is 0 Å². The van der Waals surface area contributed by atoms with E-state index in [1.54, 1.807) is 0 Å². The first-order valence-corrected chi connectivity index (χ1v) is 6.30. The van der Waals surface area contributed by atoms with Crippen molar-refractivity contribution >= 4 is 16.6 Å². The molecule has 92 valence electrons. The summed E-state index contributed by atoms with van der Waals surface area (Å²) in [6.45, 7) is 0.370. The quantitative estimate of drug-likeness (QED) is 0.515. The third-order valence-electron chi connectivity index (χ3n) is 3.19. The molecule has 2 nitrogen and oxygen atoms in total. The molecule has 0 amide bonds. The van der Waals surface area contributed by atoms with Crippen molar-refractivity contribution in [2.75, 3.05) is 0 Å². The lowest BCUT2D eigenvalue weighted by Crippen LogP contribution is -2.36. The van der Waals surface area contributed by atoms with Gasteiger partial charge in [0.15, 0.2) is 12.4 Å². The fraction of sp³-hybridized carbons (Fsp3) is 0.0588. The molecule has 0 radical (unpaired) electrons. The Hall–Kier alpha value is -2.48. The van der Waals surface area contributed by atoms with Crippen LogP contribution in [0.2, 0.25) is 0 Å². The van der Waals surface area contributed by atoms with Crippen LogP contribution in [0.3, 0.4) is 0 Å². The van der Waals surface area contributed by atoms with Gasteiger partial charge in [0, 0.05) is 17.7 Å². The number of ketones is 1. The second-order valence-electron chi connectivity index (χ2n) is 4.50. The zero-order chi connectivity index (χ0) is 13.1. The highest BCUT2D eigenvalue weighted by atomic mass is 16.1. The maximum atomic E-state index is 12.4. The molecule has 0 fully saturated rings. The first-order valence-electron chi connectivity index (χ1n) is 6.30. The van der Waals surface area contributed by atoms with E-state index in [0.29, 0.717) is 6.54 Å². The van der Waals surface area contributed by atoms with Gasteiger partial charge in [-0.05, 0) is 10.8 Å². The summed E-state index contributed by atoms with van der Waals surface area (Å²) >= 11 is 0. The van der Waals surface area contributed by atoms with E-state index in [2.05, 4.69) is 0 Å². The van der Waals surface area contributed by atoms with Gasteiger partial charge in [-0.1, -0.05) is 48.5 Å². The number of hydrogen-bond acceptors (Lipinski definition) is 1. The summed E-state index contributed by atoms with van der Waals surface area (Å²) in [7, 11) is 0. The van der Waals surface area contributed by atoms with Gasteiger partial charge >= 0.3 is 0 Å². The van der Waals surface area contributed by atoms with Crippen LogP contribution in [0.1, 0.15) is 10.4 Å². The van der Waals surface area contributed by atoms with Gasteiger partial charge in [-0.15, -0.1) is 0 Å². The Morgan fingerprint density at radius 3 is 2.42 bits per heavy atom. The highest BCUT2D eigenvalue weighted by molar-refractivity contribution is 6.07. The highest BCUT2D eigenvalue weighted by Crippen LogP contribution is 2.18. The number of benzene rings is 2. The average Bonchev–Trinajstić information content (AvgIpc) is 2.47. The van der Waals surface area contributed by atoms with Gasteiger partial charge in [-0.3, -0.25) is 4.79 Å². The van der Waals surface area contributed by atoms with E-state index in [-0.39, 0.29) is 5.78 Å². The van der Waals surface area contributed by atoms with Crippen LogP contribution in [0.4, 0.5) is 0 Å². The maximum absolute atomic E-state index is 12.4. The fourth-order valence-corrected chi connectivity index (χ4v) is 2.26. The molecule has 2 heteroatoms. The van der Waals surface area contributed by atoms with Crippen LogP contribution in [0.15, 0.2) is 73.1 Å². The molecule has 0 N–H and O–H groups in total. The summed E-state index contributed by atoms with van der Waals surface area (Å²) in [5.41, 5.74) is 0.787. The predicted octanol–water partition coefficient (Wildman–Crippen LogP) is 3.01. The molecule has 2 aromatic carbocycles. The van der Waals surface area contributed by atoms with Crippen molar-refractivity contribution in [1.29, 1.82) is 0 Å². The van der Waals surface area contributed by atoms with Crippen LogP contribution in [0, 0.1) is 0 Å². The van der Waals surface area contributed by atoms with Crippen LogP contribution in [-0.2, 0) is 6.54 Å². The van der Waals surface area contributed by atoms with Crippen molar-refractivity contribution in [3.63, 3.8) is 0 Å². The lowest BCUT2D eigenvalue weighted by atomic mass is 10.0. The van der Waals surface area contributed by atoms with E-state index in [1.807, 2.05) is 77.6 Å². The predicted molar refractivity (Wildman–Crippen MR) is 74.9 cm³/mol. The van der Waals surface area contributed by atoms with Gasteiger partial charge in [-0.25, -0.2) is 0 Å². The molecule has 0 unspecified atom stereocenters. The maximum Gasteiger partial charge on any atom is 0.228 e. The number of nitrogens with zero attached hydrogens (tertiary/aromatic N) is 1. The molecule has 1 aromatic heterocycles. The molecule has 19 heavy (non-hydrogen) atoms. The second kappa shape index (κ2) is 5.02. The summed E-state index contributed by atoms with van der Waals surface area (Å²) in [5, 5.41) is 2.12. The van der Waals surface area contributed by atoms with Gasteiger partial charge in [0.2, 0.25) is 12.3 Å². The van der Waals surface area contributed by atoms with Crippen molar-refractivity contribution in [3.8, 4) is 0 Å². The fourth-order valence-electron chi connectivity index (χ4n) is 2.26. The number of hydrogen-bond donors (Lipinski definition) is 0. The monoisotopic (exact) mass is 248 g/mol. The number of pyridine rings is 1. The minimum atomic E-state index is 0.132. The molecule has 1 heterocycles. The average molecular weight is 248 g/mol. The zero-order valence-electron chi connectivity index (χ0n) is 10.5. The summed E-state index contributed by atoms with van der Waals surface area (Å²) < 4.78 is 1.89. The summed E-state index contributed by atoms with van der Waals surface area (Å²) in [4.78, 5) is 12.4. The van der Waals surface area contributed by atoms with Gasteiger partial charge < -0.3 is 0 Å². The molecule has 0 saturated heterocycles. The molecule has 0 atom stereocenters. The molecule has 0 spiro atoms. The van der Waals surface area contributed by atoms with Gasteiger partial charge in [0.05, 0.1) is 0 Å². The smallest absolute Gasteiger partial charge is 0.228 e. The van der Waals surface area contributed by atoms with Crippen LogP contribution in [-0.4, -0.2) is 5.78 Å². The molecule has 0 bridgehead atoms. The number of Topliss-reactive ketones (excluding diaryl/α,β-unsaturated/α-hetero) is 1. The summed E-state index contributed by atoms with van der Waals surface area (Å²) in [6.07, 6.45) is 3.81. The molecule has 0 aliphatic rings. The van der Waals surface area contributed by atoms with E-state index in [4.69, 9.17) is 0 Å². The second-order valence-corrected chi connectivity index (χ2v) is 4.50. The normalized spacial score (nSPS) is 10.5. The van der Waals surface area contributed by atoms with Crippen LogP contribution >= 0.6 is 0 Å². The zero-order valence-corrected chi connectivity index (χ0v) is 10.5. The SMILES string of the molecule is O=C(C[n+]1ccccc1)c1cccc2ccccc12. The van der Waals surface area contributed by atoms with Crippen LogP contribution in [0.5, 0.6) is 0 Å². The van der Waals surface area contributed by atoms with E-state index < -0.39 is 0 Å². The van der Waals surface area contributed by atoms with Crippen molar-refractivity contribution in [2.24, 2.45) is 0 Å². The number of aromatic nitrogens is 1. The topological polar surface area (TPSA) is 20.9 Å². The number of carbonyl (C=O) groups excluding carboxylic acids is 1. The largest absolute Gasteiger partial charge is 0.287 e. The summed E-state index contributed by atoms with van der Waals surface area (Å²) in [6, 6.07) is 19.6. The van der Waals surface area contributed by atoms with Crippen LogP contribution in [0.25, 0.3) is 10.8 Å². The van der Waals surface area contributed by atoms with Gasteiger partial charge in [0.1, 0.15) is 0 Å². The Morgan fingerprint density at radius 1 is 0.842 bits per heavy atom.